The van der Waals surface area contributed by atoms with E-state index in [4.69, 9.17) is 9.72 Å². The summed E-state index contributed by atoms with van der Waals surface area (Å²) in [5.41, 5.74) is 7.40. The van der Waals surface area contributed by atoms with Crippen molar-refractivity contribution in [3.8, 4) is 5.75 Å². The standard InChI is InChI=1S/C29H33N3O2/c1-20-11-12-25(23(4)17-20)29(33)30-13-7-10-28-31-26-8-5-6-9-27(26)32(28)14-15-34-24-18-21(2)16-22(3)19-24/h5-6,8-9,11-12,16-19H,7,10,13-15H2,1-4H3,(H,30,33). The normalized spacial score (nSPS) is 11.1. The van der Waals surface area contributed by atoms with E-state index in [1.54, 1.807) is 0 Å². The van der Waals surface area contributed by atoms with Gasteiger partial charge in [0.25, 0.3) is 5.91 Å². The van der Waals surface area contributed by atoms with E-state index in [0.29, 0.717) is 13.2 Å². The fourth-order valence-electron chi connectivity index (χ4n) is 4.45. The molecule has 0 aliphatic rings. The van der Waals surface area contributed by atoms with Gasteiger partial charge < -0.3 is 14.6 Å². The van der Waals surface area contributed by atoms with Crippen molar-refractivity contribution in [3.63, 3.8) is 0 Å². The van der Waals surface area contributed by atoms with Gasteiger partial charge in [0.2, 0.25) is 0 Å². The molecular weight excluding hydrogens is 422 g/mol. The summed E-state index contributed by atoms with van der Waals surface area (Å²) in [7, 11) is 0. The number of hydrogen-bond acceptors (Lipinski definition) is 3. The number of carbonyl (C=O) groups is 1. The summed E-state index contributed by atoms with van der Waals surface area (Å²) in [6.45, 7) is 10.1. The van der Waals surface area contributed by atoms with Gasteiger partial charge in [-0.25, -0.2) is 4.98 Å². The molecule has 0 atom stereocenters. The molecule has 0 aliphatic carbocycles. The Labute approximate surface area is 201 Å². The average molecular weight is 456 g/mol. The Morgan fingerprint density at radius 3 is 2.47 bits per heavy atom. The second-order valence-corrected chi connectivity index (χ2v) is 9.02. The highest BCUT2D eigenvalue weighted by Gasteiger charge is 2.12. The quantitative estimate of drug-likeness (QED) is 0.329. The summed E-state index contributed by atoms with van der Waals surface area (Å²) in [4.78, 5) is 17.4. The molecule has 0 aliphatic heterocycles. The number of carbonyl (C=O) groups excluding carboxylic acids is 1. The highest BCUT2D eigenvalue weighted by Crippen LogP contribution is 2.19. The van der Waals surface area contributed by atoms with Crippen molar-refractivity contribution in [1.82, 2.24) is 14.9 Å². The number of benzene rings is 3. The fraction of sp³-hybridized carbons (Fsp3) is 0.310. The van der Waals surface area contributed by atoms with Gasteiger partial charge in [0, 0.05) is 18.5 Å². The highest BCUT2D eigenvalue weighted by molar-refractivity contribution is 5.95. The van der Waals surface area contributed by atoms with Crippen LogP contribution in [0.25, 0.3) is 11.0 Å². The van der Waals surface area contributed by atoms with E-state index in [-0.39, 0.29) is 5.91 Å². The molecule has 5 heteroatoms. The van der Waals surface area contributed by atoms with E-state index in [0.717, 1.165) is 58.7 Å². The number of amides is 1. The number of hydrogen-bond donors (Lipinski definition) is 1. The Balaban J connectivity index is 1.38. The molecule has 176 valence electrons. The maximum absolute atomic E-state index is 12.6. The zero-order chi connectivity index (χ0) is 24.1. The molecule has 4 rings (SSSR count). The zero-order valence-electron chi connectivity index (χ0n) is 20.5. The summed E-state index contributed by atoms with van der Waals surface area (Å²) >= 11 is 0. The molecule has 0 spiro atoms. The van der Waals surface area contributed by atoms with Gasteiger partial charge >= 0.3 is 0 Å². The van der Waals surface area contributed by atoms with Gasteiger partial charge in [0.15, 0.2) is 0 Å². The molecule has 0 radical (unpaired) electrons. The Hall–Kier alpha value is -3.60. The number of fused-ring (bicyclic) bond motifs is 1. The molecule has 4 aromatic rings. The predicted octanol–water partition coefficient (Wildman–Crippen LogP) is 5.71. The van der Waals surface area contributed by atoms with Gasteiger partial charge in [-0.2, -0.15) is 0 Å². The fourth-order valence-corrected chi connectivity index (χ4v) is 4.45. The van der Waals surface area contributed by atoms with Crippen LogP contribution in [0.2, 0.25) is 0 Å². The first-order valence-electron chi connectivity index (χ1n) is 11.9. The Kier molecular flexibility index (Phi) is 7.31. The molecule has 0 saturated heterocycles. The third kappa shape index (κ3) is 5.66. The minimum atomic E-state index is -0.0205. The van der Waals surface area contributed by atoms with Gasteiger partial charge in [-0.1, -0.05) is 35.9 Å². The van der Waals surface area contributed by atoms with E-state index in [9.17, 15) is 4.79 Å². The number of imidazole rings is 1. The van der Waals surface area contributed by atoms with Gasteiger partial charge in [-0.3, -0.25) is 4.79 Å². The minimum Gasteiger partial charge on any atom is -0.492 e. The van der Waals surface area contributed by atoms with Crippen LogP contribution in [-0.2, 0) is 13.0 Å². The first-order valence-corrected chi connectivity index (χ1v) is 11.9. The molecular formula is C29H33N3O2. The third-order valence-corrected chi connectivity index (χ3v) is 6.00. The number of aromatic nitrogens is 2. The van der Waals surface area contributed by atoms with Crippen LogP contribution in [0.1, 0.15) is 44.9 Å². The third-order valence-electron chi connectivity index (χ3n) is 6.00. The number of nitrogens with one attached hydrogen (secondary N) is 1. The first-order chi connectivity index (χ1) is 16.4. The van der Waals surface area contributed by atoms with Gasteiger partial charge in [0.1, 0.15) is 18.2 Å². The van der Waals surface area contributed by atoms with Crippen molar-refractivity contribution in [3.05, 3.63) is 94.3 Å². The molecule has 34 heavy (non-hydrogen) atoms. The Morgan fingerprint density at radius 1 is 0.941 bits per heavy atom. The number of nitrogens with zero attached hydrogens (tertiary/aromatic N) is 2. The Morgan fingerprint density at radius 2 is 1.71 bits per heavy atom. The van der Waals surface area contributed by atoms with Crippen molar-refractivity contribution in [2.45, 2.75) is 47.1 Å². The smallest absolute Gasteiger partial charge is 0.251 e. The molecule has 1 heterocycles. The number of rotatable bonds is 9. The molecule has 1 aromatic heterocycles. The lowest BCUT2D eigenvalue weighted by atomic mass is 10.1. The summed E-state index contributed by atoms with van der Waals surface area (Å²) < 4.78 is 8.30. The van der Waals surface area contributed by atoms with E-state index >= 15 is 0 Å². The van der Waals surface area contributed by atoms with Crippen LogP contribution in [0.3, 0.4) is 0 Å². The topological polar surface area (TPSA) is 56.1 Å². The maximum Gasteiger partial charge on any atom is 0.251 e. The molecule has 1 N–H and O–H groups in total. The highest BCUT2D eigenvalue weighted by atomic mass is 16.5. The monoisotopic (exact) mass is 455 g/mol. The summed E-state index contributed by atoms with van der Waals surface area (Å²) in [5.74, 6) is 1.90. The van der Waals surface area contributed by atoms with Crippen molar-refractivity contribution >= 4 is 16.9 Å². The minimum absolute atomic E-state index is 0.0205. The molecule has 1 amide bonds. The largest absolute Gasteiger partial charge is 0.492 e. The van der Waals surface area contributed by atoms with Crippen LogP contribution in [0.5, 0.6) is 5.75 Å². The van der Waals surface area contributed by atoms with E-state index in [2.05, 4.69) is 48.0 Å². The molecule has 5 nitrogen and oxygen atoms in total. The second-order valence-electron chi connectivity index (χ2n) is 9.02. The van der Waals surface area contributed by atoms with Crippen molar-refractivity contribution in [2.75, 3.05) is 13.2 Å². The summed E-state index contributed by atoms with van der Waals surface area (Å²) in [6.07, 6.45) is 1.60. The average Bonchev–Trinajstić information content (AvgIpc) is 3.13. The summed E-state index contributed by atoms with van der Waals surface area (Å²) in [6, 6.07) is 20.4. The second kappa shape index (κ2) is 10.6. The van der Waals surface area contributed by atoms with E-state index in [1.807, 2.05) is 50.2 Å². The first kappa shape index (κ1) is 23.6. The van der Waals surface area contributed by atoms with Gasteiger partial charge in [-0.05, 0) is 81.1 Å². The van der Waals surface area contributed by atoms with Gasteiger partial charge in [0.05, 0.1) is 17.6 Å². The lowest BCUT2D eigenvalue weighted by molar-refractivity contribution is 0.0952. The summed E-state index contributed by atoms with van der Waals surface area (Å²) in [5, 5.41) is 3.06. The van der Waals surface area contributed by atoms with Crippen LogP contribution in [0.15, 0.2) is 60.7 Å². The number of ether oxygens (including phenoxy) is 1. The predicted molar refractivity (Wildman–Crippen MR) is 138 cm³/mol. The van der Waals surface area contributed by atoms with Crippen LogP contribution >= 0.6 is 0 Å². The van der Waals surface area contributed by atoms with Crippen molar-refractivity contribution < 1.29 is 9.53 Å². The van der Waals surface area contributed by atoms with Crippen LogP contribution < -0.4 is 10.1 Å². The maximum atomic E-state index is 12.6. The molecule has 0 saturated carbocycles. The lowest BCUT2D eigenvalue weighted by Crippen LogP contribution is -2.25. The molecule has 0 fully saturated rings. The number of aryl methyl sites for hydroxylation is 5. The van der Waals surface area contributed by atoms with Crippen LogP contribution in [0.4, 0.5) is 0 Å². The number of para-hydroxylation sites is 2. The zero-order valence-corrected chi connectivity index (χ0v) is 20.5. The van der Waals surface area contributed by atoms with Crippen LogP contribution in [-0.4, -0.2) is 28.6 Å². The molecule has 3 aromatic carbocycles. The van der Waals surface area contributed by atoms with Crippen LogP contribution in [0, 0.1) is 27.7 Å². The Bertz CT molecular complexity index is 1290. The van der Waals surface area contributed by atoms with Gasteiger partial charge in [-0.15, -0.1) is 0 Å². The van der Waals surface area contributed by atoms with E-state index in [1.165, 1.54) is 11.1 Å². The van der Waals surface area contributed by atoms with Crippen molar-refractivity contribution in [2.24, 2.45) is 0 Å². The SMILES string of the molecule is Cc1cc(C)cc(OCCn2c(CCCNC(=O)c3ccc(C)cc3C)nc3ccccc32)c1. The molecule has 0 unspecified atom stereocenters. The lowest BCUT2D eigenvalue weighted by Gasteiger charge is -2.12. The van der Waals surface area contributed by atoms with Crippen molar-refractivity contribution in [1.29, 1.82) is 0 Å². The van der Waals surface area contributed by atoms with E-state index < -0.39 is 0 Å². The molecule has 0 bridgehead atoms.